The molecule has 0 aliphatic rings. The average Bonchev–Trinajstić information content (AvgIpc) is 2.17. The molecule has 0 aliphatic heterocycles. The quantitative estimate of drug-likeness (QED) is 0.843. The Morgan fingerprint density at radius 2 is 1.87 bits per heavy atom. The Morgan fingerprint density at radius 1 is 1.27 bits per heavy atom. The van der Waals surface area contributed by atoms with Crippen LogP contribution in [0.5, 0.6) is 0 Å². The highest BCUT2D eigenvalue weighted by Gasteiger charge is 2.32. The average molecular weight is 218 g/mol. The topological polar surface area (TPSA) is 38.9 Å². The van der Waals surface area contributed by atoms with Gasteiger partial charge in [0.2, 0.25) is 0 Å². The van der Waals surface area contributed by atoms with E-state index in [2.05, 4.69) is 4.98 Å². The van der Waals surface area contributed by atoms with Crippen LogP contribution in [0.1, 0.15) is 24.3 Å². The number of alkyl halides is 3. The van der Waals surface area contributed by atoms with E-state index < -0.39 is 18.5 Å². The van der Waals surface area contributed by atoms with Crippen molar-refractivity contribution in [2.75, 3.05) is 6.54 Å². The molecule has 2 nitrogen and oxygen atoms in total. The van der Waals surface area contributed by atoms with E-state index in [0.29, 0.717) is 12.0 Å². The Labute approximate surface area is 86.3 Å². The largest absolute Gasteiger partial charge is 0.389 e. The Balaban J connectivity index is 2.75. The van der Waals surface area contributed by atoms with Crippen molar-refractivity contribution in [2.24, 2.45) is 5.73 Å². The molecule has 1 aromatic heterocycles. The molecule has 0 saturated heterocycles. The minimum absolute atomic E-state index is 0.253. The fourth-order valence-electron chi connectivity index (χ4n) is 1.50. The fraction of sp³-hybridized carbons (Fsp3) is 0.500. The minimum Gasteiger partial charge on any atom is -0.330 e. The lowest BCUT2D eigenvalue weighted by Crippen LogP contribution is -2.16. The molecule has 1 atom stereocenters. The van der Waals surface area contributed by atoms with Crippen LogP contribution in [0.2, 0.25) is 0 Å². The Bertz CT molecular complexity index is 284. The van der Waals surface area contributed by atoms with Crippen molar-refractivity contribution < 1.29 is 13.2 Å². The predicted molar refractivity (Wildman–Crippen MR) is 51.3 cm³/mol. The molecule has 0 spiro atoms. The standard InChI is InChI=1S/C10H13F3N2/c11-10(12,13)7-9(1-4-14)8-2-5-15-6-3-8/h2-3,5-6,9H,1,4,7,14H2. The van der Waals surface area contributed by atoms with E-state index in [0.717, 1.165) is 0 Å². The van der Waals surface area contributed by atoms with E-state index in [9.17, 15) is 13.2 Å². The smallest absolute Gasteiger partial charge is 0.330 e. The molecule has 1 unspecified atom stereocenters. The highest BCUT2D eigenvalue weighted by atomic mass is 19.4. The van der Waals surface area contributed by atoms with Crippen LogP contribution in [-0.4, -0.2) is 17.7 Å². The van der Waals surface area contributed by atoms with Gasteiger partial charge < -0.3 is 5.73 Å². The summed E-state index contributed by atoms with van der Waals surface area (Å²) in [7, 11) is 0. The summed E-state index contributed by atoms with van der Waals surface area (Å²) in [5, 5.41) is 0. The molecule has 84 valence electrons. The van der Waals surface area contributed by atoms with E-state index in [4.69, 9.17) is 5.73 Å². The minimum atomic E-state index is -4.15. The van der Waals surface area contributed by atoms with Crippen molar-refractivity contribution in [2.45, 2.75) is 24.9 Å². The van der Waals surface area contributed by atoms with E-state index >= 15 is 0 Å². The summed E-state index contributed by atoms with van der Waals surface area (Å²) in [5.74, 6) is -0.557. The first-order valence-corrected chi connectivity index (χ1v) is 4.69. The summed E-state index contributed by atoms with van der Waals surface area (Å²) >= 11 is 0. The number of rotatable bonds is 4. The second kappa shape index (κ2) is 5.11. The molecule has 15 heavy (non-hydrogen) atoms. The number of halogens is 3. The van der Waals surface area contributed by atoms with E-state index in [1.54, 1.807) is 12.1 Å². The van der Waals surface area contributed by atoms with Crippen molar-refractivity contribution in [1.82, 2.24) is 4.98 Å². The molecule has 5 heteroatoms. The molecule has 2 N–H and O–H groups in total. The van der Waals surface area contributed by atoms with Gasteiger partial charge in [-0.2, -0.15) is 13.2 Å². The highest BCUT2D eigenvalue weighted by Crippen LogP contribution is 2.32. The maximum atomic E-state index is 12.3. The Hall–Kier alpha value is -1.10. The monoisotopic (exact) mass is 218 g/mol. The van der Waals surface area contributed by atoms with Gasteiger partial charge in [-0.1, -0.05) is 0 Å². The number of aromatic nitrogens is 1. The number of hydrogen-bond acceptors (Lipinski definition) is 2. The normalized spacial score (nSPS) is 13.9. The van der Waals surface area contributed by atoms with Gasteiger partial charge in [0.15, 0.2) is 0 Å². The van der Waals surface area contributed by atoms with Crippen LogP contribution in [0.4, 0.5) is 13.2 Å². The molecule has 0 aromatic carbocycles. The van der Waals surface area contributed by atoms with E-state index in [1.165, 1.54) is 12.4 Å². The first-order chi connectivity index (χ1) is 7.03. The zero-order chi connectivity index (χ0) is 11.3. The molecular formula is C10H13F3N2. The lowest BCUT2D eigenvalue weighted by atomic mass is 9.93. The van der Waals surface area contributed by atoms with Crippen LogP contribution in [-0.2, 0) is 0 Å². The summed E-state index contributed by atoms with van der Waals surface area (Å²) in [6, 6.07) is 3.21. The molecule has 0 aliphatic carbocycles. The van der Waals surface area contributed by atoms with Crippen molar-refractivity contribution in [3.05, 3.63) is 30.1 Å². The molecule has 0 bridgehead atoms. The van der Waals surface area contributed by atoms with Crippen molar-refractivity contribution in [3.63, 3.8) is 0 Å². The van der Waals surface area contributed by atoms with Crippen molar-refractivity contribution >= 4 is 0 Å². The predicted octanol–water partition coefficient (Wildman–Crippen LogP) is 2.47. The molecule has 1 aromatic rings. The third-order valence-corrected chi connectivity index (χ3v) is 2.17. The second-order valence-electron chi connectivity index (χ2n) is 3.37. The van der Waals surface area contributed by atoms with Gasteiger partial charge in [0.1, 0.15) is 0 Å². The Morgan fingerprint density at radius 3 is 2.33 bits per heavy atom. The summed E-state index contributed by atoms with van der Waals surface area (Å²) in [6.45, 7) is 0.253. The van der Waals surface area contributed by atoms with E-state index in [1.807, 2.05) is 0 Å². The first-order valence-electron chi connectivity index (χ1n) is 4.69. The molecule has 1 heterocycles. The summed E-state index contributed by atoms with van der Waals surface area (Å²) in [5.41, 5.74) is 5.95. The van der Waals surface area contributed by atoms with Gasteiger partial charge >= 0.3 is 6.18 Å². The van der Waals surface area contributed by atoms with Gasteiger partial charge in [-0.05, 0) is 36.6 Å². The van der Waals surface area contributed by atoms with Crippen LogP contribution in [0.15, 0.2) is 24.5 Å². The molecule has 0 fully saturated rings. The van der Waals surface area contributed by atoms with Crippen LogP contribution in [0, 0.1) is 0 Å². The van der Waals surface area contributed by atoms with Crippen molar-refractivity contribution in [3.8, 4) is 0 Å². The lowest BCUT2D eigenvalue weighted by molar-refractivity contribution is -0.139. The van der Waals surface area contributed by atoms with Crippen LogP contribution >= 0.6 is 0 Å². The van der Waals surface area contributed by atoms with Crippen molar-refractivity contribution in [1.29, 1.82) is 0 Å². The zero-order valence-corrected chi connectivity index (χ0v) is 8.17. The van der Waals surface area contributed by atoms with Crippen LogP contribution < -0.4 is 5.73 Å². The number of nitrogens with zero attached hydrogens (tertiary/aromatic N) is 1. The van der Waals surface area contributed by atoms with Gasteiger partial charge in [0.25, 0.3) is 0 Å². The maximum absolute atomic E-state index is 12.3. The SMILES string of the molecule is NCCC(CC(F)(F)F)c1ccncc1. The summed E-state index contributed by atoms with van der Waals surface area (Å²) < 4.78 is 36.8. The lowest BCUT2D eigenvalue weighted by Gasteiger charge is -2.18. The van der Waals surface area contributed by atoms with E-state index in [-0.39, 0.29) is 6.54 Å². The molecule has 0 amide bonds. The molecular weight excluding hydrogens is 205 g/mol. The summed E-state index contributed by atoms with van der Waals surface area (Å²) in [4.78, 5) is 3.77. The van der Waals surface area contributed by atoms with Gasteiger partial charge in [-0.25, -0.2) is 0 Å². The Kier molecular flexibility index (Phi) is 4.08. The third-order valence-electron chi connectivity index (χ3n) is 2.17. The van der Waals surface area contributed by atoms with Crippen LogP contribution in [0.25, 0.3) is 0 Å². The maximum Gasteiger partial charge on any atom is 0.389 e. The van der Waals surface area contributed by atoms with Crippen LogP contribution in [0.3, 0.4) is 0 Å². The molecule has 1 rings (SSSR count). The molecule has 0 saturated carbocycles. The molecule has 0 radical (unpaired) electrons. The van der Waals surface area contributed by atoms with Gasteiger partial charge in [0, 0.05) is 12.4 Å². The zero-order valence-electron chi connectivity index (χ0n) is 8.17. The number of hydrogen-bond donors (Lipinski definition) is 1. The highest BCUT2D eigenvalue weighted by molar-refractivity contribution is 5.16. The summed E-state index contributed by atoms with van der Waals surface area (Å²) in [6.07, 6.45) is -1.65. The fourth-order valence-corrected chi connectivity index (χ4v) is 1.50. The van der Waals surface area contributed by atoms with Gasteiger partial charge in [-0.15, -0.1) is 0 Å². The first kappa shape index (κ1) is 12.0. The van der Waals surface area contributed by atoms with Gasteiger partial charge in [-0.3, -0.25) is 4.98 Å². The van der Waals surface area contributed by atoms with Gasteiger partial charge in [0.05, 0.1) is 6.42 Å². The third kappa shape index (κ3) is 4.29. The number of nitrogens with two attached hydrogens (primary N) is 1. The second-order valence-corrected chi connectivity index (χ2v) is 3.37. The number of pyridine rings is 1.